The molecule has 0 aromatic carbocycles. The first-order chi connectivity index (χ1) is 9.44. The average Bonchev–Trinajstić information content (AvgIpc) is 2.63. The van der Waals surface area contributed by atoms with Crippen LogP contribution in [0.4, 0.5) is 0 Å². The summed E-state index contributed by atoms with van der Waals surface area (Å²) in [6.07, 6.45) is 0. The van der Waals surface area contributed by atoms with E-state index in [9.17, 15) is 0 Å². The number of hydrogen-bond acceptors (Lipinski definition) is 0. The molecule has 0 N–H and O–H groups in total. The van der Waals surface area contributed by atoms with Crippen molar-refractivity contribution >= 4 is 0 Å². The van der Waals surface area contributed by atoms with Crippen molar-refractivity contribution in [3.8, 4) is 0 Å². The molecule has 0 spiro atoms. The quantitative estimate of drug-likeness (QED) is 0.554. The Labute approximate surface area is 138 Å². The monoisotopic (exact) mass is 321 g/mol. The van der Waals surface area contributed by atoms with Crippen LogP contribution in [-0.4, -0.2) is 0 Å². The summed E-state index contributed by atoms with van der Waals surface area (Å²) in [5.41, 5.74) is 9.83. The molecule has 0 atom stereocenters. The van der Waals surface area contributed by atoms with Gasteiger partial charge < -0.3 is 0 Å². The van der Waals surface area contributed by atoms with Crippen LogP contribution in [0, 0.1) is 10.8 Å². The SMILES string of the molecule is CC1=C(C)C(C)(C)[C]([V][C]2=C(C)C(C)=C(C)C2(C)C)=C1C. The fourth-order valence-corrected chi connectivity index (χ4v) is 6.50. The molecule has 0 aliphatic heterocycles. The summed E-state index contributed by atoms with van der Waals surface area (Å²) >= 11 is 0.102. The fraction of sp³-hybridized carbons (Fsp3) is 0.600. The molecule has 2 aliphatic rings. The second-order valence-corrected chi connectivity index (χ2v) is 9.55. The summed E-state index contributed by atoms with van der Waals surface area (Å²) < 4.78 is 3.44. The summed E-state index contributed by atoms with van der Waals surface area (Å²) in [6, 6.07) is 0. The van der Waals surface area contributed by atoms with Gasteiger partial charge in [0.05, 0.1) is 0 Å². The molecule has 0 fully saturated rings. The third-order valence-corrected chi connectivity index (χ3v) is 9.73. The summed E-state index contributed by atoms with van der Waals surface area (Å²) in [6.45, 7) is 23.6. The van der Waals surface area contributed by atoms with E-state index in [4.69, 9.17) is 0 Å². The van der Waals surface area contributed by atoms with E-state index in [2.05, 4.69) is 69.2 Å². The molecule has 1 heteroatoms. The zero-order valence-corrected chi connectivity index (χ0v) is 16.8. The maximum absolute atomic E-state index is 2.41. The molecule has 21 heavy (non-hydrogen) atoms. The van der Waals surface area contributed by atoms with E-state index >= 15 is 0 Å². The van der Waals surface area contributed by atoms with Crippen LogP contribution >= 0.6 is 0 Å². The minimum atomic E-state index is 0.102. The Balaban J connectivity index is 2.47. The van der Waals surface area contributed by atoms with Crippen LogP contribution in [0.1, 0.15) is 69.2 Å². The summed E-state index contributed by atoms with van der Waals surface area (Å²) in [5.74, 6) is 0. The van der Waals surface area contributed by atoms with Gasteiger partial charge in [0.15, 0.2) is 0 Å². The maximum atomic E-state index is 2.41. The van der Waals surface area contributed by atoms with Crippen LogP contribution in [0.5, 0.6) is 0 Å². The Kier molecular flexibility index (Phi) is 4.05. The Bertz CT molecular complexity index is 575. The standard InChI is InChI=1S/2C10H15.V/c2*1-7-6-10(4,5)9(3)8(7)2;/h2*1-5H3;. The number of allylic oxidation sites excluding steroid dienone is 8. The molecule has 0 nitrogen and oxygen atoms in total. The zero-order chi connectivity index (χ0) is 16.3. The van der Waals surface area contributed by atoms with E-state index in [0.29, 0.717) is 0 Å². The molecule has 0 amide bonds. The summed E-state index contributed by atoms with van der Waals surface area (Å²) in [7, 11) is 0. The summed E-state index contributed by atoms with van der Waals surface area (Å²) in [4.78, 5) is 0. The molecule has 0 bridgehead atoms. The molecule has 0 unspecified atom stereocenters. The van der Waals surface area contributed by atoms with Crippen molar-refractivity contribution < 1.29 is 16.3 Å². The van der Waals surface area contributed by atoms with Crippen LogP contribution in [0.3, 0.4) is 0 Å². The van der Waals surface area contributed by atoms with Gasteiger partial charge in [-0.15, -0.1) is 0 Å². The van der Waals surface area contributed by atoms with Crippen LogP contribution in [0.2, 0.25) is 0 Å². The van der Waals surface area contributed by atoms with Gasteiger partial charge in [0, 0.05) is 0 Å². The first kappa shape index (κ1) is 16.9. The van der Waals surface area contributed by atoms with Gasteiger partial charge in [-0.25, -0.2) is 0 Å². The molecule has 2 aliphatic carbocycles. The third-order valence-electron chi connectivity index (χ3n) is 6.24. The predicted molar refractivity (Wildman–Crippen MR) is 89.7 cm³/mol. The van der Waals surface area contributed by atoms with E-state index < -0.39 is 0 Å². The van der Waals surface area contributed by atoms with E-state index in [0.717, 1.165) is 0 Å². The number of rotatable bonds is 2. The van der Waals surface area contributed by atoms with Crippen molar-refractivity contribution in [3.05, 3.63) is 42.0 Å². The molecule has 0 saturated carbocycles. The van der Waals surface area contributed by atoms with E-state index in [1.807, 2.05) is 0 Å². The molecule has 2 rings (SSSR count). The molecule has 0 saturated heterocycles. The second-order valence-electron chi connectivity index (χ2n) is 7.81. The van der Waals surface area contributed by atoms with Crippen molar-refractivity contribution in [2.45, 2.75) is 69.2 Å². The Morgan fingerprint density at radius 1 is 0.524 bits per heavy atom. The van der Waals surface area contributed by atoms with Crippen LogP contribution in [0.25, 0.3) is 0 Å². The molecule has 0 heterocycles. The fourth-order valence-electron chi connectivity index (χ4n) is 3.71. The van der Waals surface area contributed by atoms with Gasteiger partial charge in [0.25, 0.3) is 0 Å². The summed E-state index contributed by atoms with van der Waals surface area (Å²) in [5, 5.41) is 0. The first-order valence-corrected chi connectivity index (χ1v) is 9.34. The van der Waals surface area contributed by atoms with Gasteiger partial charge in [-0.2, -0.15) is 0 Å². The van der Waals surface area contributed by atoms with Gasteiger partial charge in [0.2, 0.25) is 0 Å². The third kappa shape index (κ3) is 2.26. The molecule has 0 radical (unpaired) electrons. The number of hydrogen-bond donors (Lipinski definition) is 0. The van der Waals surface area contributed by atoms with Gasteiger partial charge in [-0.3, -0.25) is 0 Å². The molecular formula is C20H30V. The normalized spacial score (nSPS) is 24.7. The Hall–Kier alpha value is -0.456. The van der Waals surface area contributed by atoms with Crippen molar-refractivity contribution in [1.82, 2.24) is 0 Å². The van der Waals surface area contributed by atoms with E-state index in [-0.39, 0.29) is 27.1 Å². The topological polar surface area (TPSA) is 0 Å². The molecule has 0 aromatic heterocycles. The van der Waals surface area contributed by atoms with Crippen molar-refractivity contribution in [2.75, 3.05) is 0 Å². The van der Waals surface area contributed by atoms with Crippen LogP contribution in [-0.2, 0) is 16.3 Å². The average molecular weight is 321 g/mol. The first-order valence-electron chi connectivity index (χ1n) is 7.95. The Morgan fingerprint density at radius 2 is 0.810 bits per heavy atom. The van der Waals surface area contributed by atoms with Gasteiger partial charge in [0.1, 0.15) is 0 Å². The van der Waals surface area contributed by atoms with Crippen molar-refractivity contribution in [3.63, 3.8) is 0 Å². The van der Waals surface area contributed by atoms with Crippen LogP contribution < -0.4 is 0 Å². The Morgan fingerprint density at radius 3 is 1.00 bits per heavy atom. The van der Waals surface area contributed by atoms with E-state index in [1.54, 1.807) is 30.9 Å². The van der Waals surface area contributed by atoms with E-state index in [1.165, 1.54) is 11.1 Å². The van der Waals surface area contributed by atoms with Crippen LogP contribution in [0.15, 0.2) is 42.0 Å². The van der Waals surface area contributed by atoms with Crippen molar-refractivity contribution in [1.29, 1.82) is 0 Å². The second kappa shape index (κ2) is 5.03. The zero-order valence-electron chi connectivity index (χ0n) is 15.4. The van der Waals surface area contributed by atoms with Gasteiger partial charge in [-0.1, -0.05) is 0 Å². The molecule has 0 aromatic rings. The predicted octanol–water partition coefficient (Wildman–Crippen LogP) is 6.37. The van der Waals surface area contributed by atoms with Crippen molar-refractivity contribution in [2.24, 2.45) is 10.8 Å². The van der Waals surface area contributed by atoms with Gasteiger partial charge in [-0.05, 0) is 0 Å². The van der Waals surface area contributed by atoms with Gasteiger partial charge >= 0.3 is 138 Å². The molecule has 115 valence electrons. The minimum absolute atomic E-state index is 0.102. The molecular weight excluding hydrogens is 291 g/mol.